The number of hydrogen-bond acceptors (Lipinski definition) is 7. The highest BCUT2D eigenvalue weighted by Crippen LogP contribution is 2.29. The molecule has 3 rings (SSSR count). The van der Waals surface area contributed by atoms with E-state index < -0.39 is 11.9 Å². The van der Waals surface area contributed by atoms with Gasteiger partial charge in [0, 0.05) is 5.02 Å². The molecule has 0 radical (unpaired) electrons. The maximum Gasteiger partial charge on any atom is 0.343 e. The number of carbonyl (C=O) groups excluding carboxylic acids is 2. The van der Waals surface area contributed by atoms with Crippen molar-refractivity contribution >= 4 is 45.6 Å². The van der Waals surface area contributed by atoms with Gasteiger partial charge in [0.15, 0.2) is 18.1 Å². The Hall–Kier alpha value is -3.56. The first-order valence-corrected chi connectivity index (χ1v) is 11.0. The Bertz CT molecular complexity index is 1220. The van der Waals surface area contributed by atoms with Gasteiger partial charge in [0.05, 0.1) is 30.5 Å². The summed E-state index contributed by atoms with van der Waals surface area (Å²) in [5, 5.41) is 4.45. The van der Waals surface area contributed by atoms with E-state index in [0.29, 0.717) is 37.9 Å². The Morgan fingerprint density at radius 2 is 1.79 bits per heavy atom. The lowest BCUT2D eigenvalue weighted by atomic mass is 10.2. The molecule has 0 fully saturated rings. The van der Waals surface area contributed by atoms with Crippen LogP contribution in [0.25, 0.3) is 0 Å². The number of rotatable bonds is 9. The van der Waals surface area contributed by atoms with E-state index in [1.165, 1.54) is 20.4 Å². The zero-order valence-electron chi connectivity index (χ0n) is 18.2. The van der Waals surface area contributed by atoms with E-state index in [1.54, 1.807) is 60.7 Å². The van der Waals surface area contributed by atoms with Crippen LogP contribution in [0.3, 0.4) is 0 Å². The normalized spacial score (nSPS) is 10.6. The molecule has 1 amide bonds. The highest BCUT2D eigenvalue weighted by molar-refractivity contribution is 9.10. The van der Waals surface area contributed by atoms with Gasteiger partial charge in [-0.2, -0.15) is 5.10 Å². The van der Waals surface area contributed by atoms with E-state index in [4.69, 9.17) is 30.5 Å². The van der Waals surface area contributed by atoms with Gasteiger partial charge in [-0.3, -0.25) is 4.79 Å². The van der Waals surface area contributed by atoms with E-state index in [0.717, 1.165) is 0 Å². The molecule has 8 nitrogen and oxygen atoms in total. The summed E-state index contributed by atoms with van der Waals surface area (Å²) in [6.45, 7) is -0.236. The molecule has 3 aromatic carbocycles. The maximum atomic E-state index is 12.5. The van der Waals surface area contributed by atoms with Crippen LogP contribution in [0.5, 0.6) is 23.0 Å². The van der Waals surface area contributed by atoms with Gasteiger partial charge >= 0.3 is 5.97 Å². The first-order chi connectivity index (χ1) is 16.4. The van der Waals surface area contributed by atoms with Crippen molar-refractivity contribution in [2.24, 2.45) is 5.10 Å². The van der Waals surface area contributed by atoms with Crippen molar-refractivity contribution in [3.05, 3.63) is 81.3 Å². The van der Waals surface area contributed by atoms with Gasteiger partial charge in [-0.25, -0.2) is 10.2 Å². The number of nitrogens with one attached hydrogen (secondary N) is 1. The molecule has 3 aromatic rings. The summed E-state index contributed by atoms with van der Waals surface area (Å²) in [6, 6.07) is 16.4. The van der Waals surface area contributed by atoms with Crippen LogP contribution in [0.15, 0.2) is 70.2 Å². The number of nitrogens with zero attached hydrogens (tertiary/aromatic N) is 1. The Morgan fingerprint density at radius 3 is 2.53 bits per heavy atom. The van der Waals surface area contributed by atoms with E-state index in [1.807, 2.05) is 0 Å². The fourth-order valence-corrected chi connectivity index (χ4v) is 3.50. The molecular weight excluding hydrogens is 528 g/mol. The topological polar surface area (TPSA) is 95.5 Å². The number of amides is 1. The largest absolute Gasteiger partial charge is 0.497 e. The molecule has 0 bridgehead atoms. The van der Waals surface area contributed by atoms with Gasteiger partial charge in [-0.05, 0) is 76.1 Å². The maximum absolute atomic E-state index is 12.5. The molecule has 34 heavy (non-hydrogen) atoms. The number of hydrazone groups is 1. The number of esters is 1. The van der Waals surface area contributed by atoms with Gasteiger partial charge < -0.3 is 18.9 Å². The Kier molecular flexibility index (Phi) is 8.89. The van der Waals surface area contributed by atoms with Gasteiger partial charge in [0.2, 0.25) is 0 Å². The smallest absolute Gasteiger partial charge is 0.343 e. The zero-order chi connectivity index (χ0) is 24.5. The van der Waals surface area contributed by atoms with Gasteiger partial charge in [-0.1, -0.05) is 17.7 Å². The third kappa shape index (κ3) is 6.97. The van der Waals surface area contributed by atoms with Crippen LogP contribution < -0.4 is 24.4 Å². The second-order valence-corrected chi connectivity index (χ2v) is 7.98. The molecule has 0 atom stereocenters. The van der Waals surface area contributed by atoms with Crippen molar-refractivity contribution in [2.45, 2.75) is 0 Å². The quantitative estimate of drug-likeness (QED) is 0.178. The Labute approximate surface area is 209 Å². The van der Waals surface area contributed by atoms with Gasteiger partial charge in [0.1, 0.15) is 11.5 Å². The molecule has 0 spiro atoms. The fraction of sp³-hybridized carbons (Fsp3) is 0.125. The lowest BCUT2D eigenvalue weighted by molar-refractivity contribution is -0.123. The predicted octanol–water partition coefficient (Wildman–Crippen LogP) is 4.87. The van der Waals surface area contributed by atoms with Crippen molar-refractivity contribution in [3.63, 3.8) is 0 Å². The molecule has 0 aliphatic heterocycles. The number of hydrogen-bond donors (Lipinski definition) is 1. The molecule has 1 N–H and O–H groups in total. The summed E-state index contributed by atoms with van der Waals surface area (Å²) in [6.07, 6.45) is 1.42. The van der Waals surface area contributed by atoms with Crippen LogP contribution >= 0.6 is 27.5 Å². The standard InChI is InChI=1S/C24H20BrClN2O6/c1-31-18-5-3-4-16(11-18)24(30)34-21-8-6-15(10-22(21)32-2)13-27-28-23(29)14-33-20-9-7-17(26)12-19(20)25/h3-13H,14H2,1-2H3,(H,28,29)/b27-13-. The first-order valence-electron chi connectivity index (χ1n) is 9.83. The molecule has 176 valence electrons. The minimum absolute atomic E-state index is 0.235. The van der Waals surface area contributed by atoms with Crippen LogP contribution in [0.1, 0.15) is 15.9 Å². The van der Waals surface area contributed by atoms with Crippen LogP contribution in [-0.2, 0) is 4.79 Å². The summed E-state index contributed by atoms with van der Waals surface area (Å²) in [5.74, 6) is 0.571. The summed E-state index contributed by atoms with van der Waals surface area (Å²) in [7, 11) is 2.97. The van der Waals surface area contributed by atoms with E-state index in [9.17, 15) is 9.59 Å². The average Bonchev–Trinajstić information content (AvgIpc) is 2.84. The monoisotopic (exact) mass is 546 g/mol. The van der Waals surface area contributed by atoms with Crippen molar-refractivity contribution in [1.29, 1.82) is 0 Å². The molecule has 0 saturated carbocycles. The van der Waals surface area contributed by atoms with Crippen molar-refractivity contribution in [3.8, 4) is 23.0 Å². The van der Waals surface area contributed by atoms with E-state index in [2.05, 4.69) is 26.5 Å². The molecule has 0 aromatic heterocycles. The highest BCUT2D eigenvalue weighted by Gasteiger charge is 2.13. The number of ether oxygens (including phenoxy) is 4. The lowest BCUT2D eigenvalue weighted by Crippen LogP contribution is -2.24. The van der Waals surface area contributed by atoms with Crippen LogP contribution in [0.2, 0.25) is 5.02 Å². The number of benzene rings is 3. The summed E-state index contributed by atoms with van der Waals surface area (Å²) in [4.78, 5) is 24.4. The van der Waals surface area contributed by atoms with E-state index >= 15 is 0 Å². The second-order valence-electron chi connectivity index (χ2n) is 6.69. The predicted molar refractivity (Wildman–Crippen MR) is 131 cm³/mol. The van der Waals surface area contributed by atoms with Crippen LogP contribution in [0, 0.1) is 0 Å². The van der Waals surface area contributed by atoms with Crippen LogP contribution in [0.4, 0.5) is 0 Å². The molecule has 0 unspecified atom stereocenters. The third-order valence-corrected chi connectivity index (χ3v) is 5.21. The molecule has 10 heteroatoms. The number of carbonyl (C=O) groups is 2. The third-order valence-electron chi connectivity index (χ3n) is 4.35. The molecule has 0 aliphatic rings. The second kappa shape index (κ2) is 12.1. The fourth-order valence-electron chi connectivity index (χ4n) is 2.70. The van der Waals surface area contributed by atoms with Gasteiger partial charge in [0.25, 0.3) is 5.91 Å². The first kappa shape index (κ1) is 25.1. The minimum Gasteiger partial charge on any atom is -0.497 e. The van der Waals surface area contributed by atoms with Crippen LogP contribution in [-0.4, -0.2) is 38.9 Å². The molecule has 0 heterocycles. The van der Waals surface area contributed by atoms with Crippen molar-refractivity contribution < 1.29 is 28.5 Å². The average molecular weight is 548 g/mol. The Morgan fingerprint density at radius 1 is 1.00 bits per heavy atom. The molecule has 0 aliphatic carbocycles. The highest BCUT2D eigenvalue weighted by atomic mass is 79.9. The summed E-state index contributed by atoms with van der Waals surface area (Å²) < 4.78 is 22.0. The summed E-state index contributed by atoms with van der Waals surface area (Å²) in [5.41, 5.74) is 3.32. The zero-order valence-corrected chi connectivity index (χ0v) is 20.6. The lowest BCUT2D eigenvalue weighted by Gasteiger charge is -2.10. The van der Waals surface area contributed by atoms with E-state index in [-0.39, 0.29) is 12.4 Å². The SMILES string of the molecule is COc1cccc(C(=O)Oc2ccc(/C=N\NC(=O)COc3ccc(Cl)cc3Br)cc2OC)c1. The molecule has 0 saturated heterocycles. The Balaban J connectivity index is 1.57. The molecular formula is C24H20BrClN2O6. The number of halogens is 2. The van der Waals surface area contributed by atoms with Gasteiger partial charge in [-0.15, -0.1) is 0 Å². The number of methoxy groups -OCH3 is 2. The minimum atomic E-state index is -0.557. The summed E-state index contributed by atoms with van der Waals surface area (Å²) >= 11 is 9.19. The van der Waals surface area contributed by atoms with Crippen molar-refractivity contribution in [2.75, 3.05) is 20.8 Å². The van der Waals surface area contributed by atoms with Crippen molar-refractivity contribution in [1.82, 2.24) is 5.43 Å².